The van der Waals surface area contributed by atoms with Gasteiger partial charge in [0.05, 0.1) is 48.7 Å². The number of pyridine rings is 2. The number of benzene rings is 6. The number of rotatable bonds is 18. The number of carboxylic acid groups (broad SMARTS) is 2. The van der Waals surface area contributed by atoms with Gasteiger partial charge in [0.25, 0.3) is 31.9 Å². The molecule has 0 spiro atoms. The van der Waals surface area contributed by atoms with Gasteiger partial charge in [-0.05, 0) is 88.1 Å². The molecule has 0 aliphatic rings. The molecule has 3 heterocycles. The molecule has 0 aliphatic heterocycles. The minimum absolute atomic E-state index is 0.0219. The van der Waals surface area contributed by atoms with Gasteiger partial charge in [0.15, 0.2) is 6.54 Å². The molecule has 9 rings (SSSR count). The Bertz CT molecular complexity index is 3890. The molecule has 0 fully saturated rings. The monoisotopic (exact) mass is 1070 g/mol. The first-order chi connectivity index (χ1) is 37.0. The highest BCUT2D eigenvalue weighted by Crippen LogP contribution is 2.31. The van der Waals surface area contributed by atoms with E-state index in [1.54, 1.807) is 77.5 Å². The lowest BCUT2D eigenvalue weighted by molar-refractivity contribution is -0.636. The molecule has 0 unspecified atom stereocenters. The number of aliphatic carboxylic acids is 2. The van der Waals surface area contributed by atoms with Gasteiger partial charge < -0.3 is 10.2 Å². The number of carbonyl (C=O) groups excluding carboxylic acids is 2. The summed E-state index contributed by atoms with van der Waals surface area (Å²) in [7, 11) is -8.57. The first kappa shape index (κ1) is 54.4. The molecule has 0 saturated heterocycles. The van der Waals surface area contributed by atoms with Gasteiger partial charge in [-0.15, -0.1) is 11.5 Å². The topological polar surface area (TPSA) is 222 Å². The number of carboxylic acids is 2. The van der Waals surface area contributed by atoms with Crippen molar-refractivity contribution >= 4 is 87.4 Å². The number of carbonyl (C=O) groups is 4. The van der Waals surface area contributed by atoms with E-state index in [1.807, 2.05) is 84.6 Å². The third-order valence-electron chi connectivity index (χ3n) is 12.9. The normalized spacial score (nSPS) is 11.5. The van der Waals surface area contributed by atoms with Gasteiger partial charge in [-0.1, -0.05) is 89.1 Å². The van der Waals surface area contributed by atoms with E-state index in [9.17, 15) is 41.1 Å². The highest BCUT2D eigenvalue weighted by molar-refractivity contribution is 7.90. The molecule has 2 amide bonds. The van der Waals surface area contributed by atoms with Crippen LogP contribution < -0.4 is 9.13 Å². The number of amides is 2. The number of aromatic nitrogens is 5. The average Bonchev–Trinajstić information content (AvgIpc) is 3.91. The number of aryl methyl sites for hydroxylation is 3. The largest absolute Gasteiger partial charge is 0.481 e. The van der Waals surface area contributed by atoms with Gasteiger partial charge >= 0.3 is 11.9 Å². The van der Waals surface area contributed by atoms with Gasteiger partial charge in [0.1, 0.15) is 5.69 Å². The van der Waals surface area contributed by atoms with Crippen molar-refractivity contribution in [1.29, 1.82) is 0 Å². The molecule has 6 aromatic carbocycles. The Kier molecular flexibility index (Phi) is 16.5. The molecule has 17 nitrogen and oxygen atoms in total. The summed E-state index contributed by atoms with van der Waals surface area (Å²) >= 11 is 0. The maximum atomic E-state index is 14.4. The molecule has 0 bridgehead atoms. The molecule has 19 heteroatoms. The third kappa shape index (κ3) is 11.5. The minimum Gasteiger partial charge on any atom is -0.481 e. The Labute approximate surface area is 445 Å². The molecule has 77 heavy (non-hydrogen) atoms. The van der Waals surface area contributed by atoms with Crippen molar-refractivity contribution in [2.75, 3.05) is 13.1 Å². The molecule has 9 aromatic rings. The SMILES string of the molecule is C#CC[n+]1c2ccccc2c(C(=O)N(CCCC(=O)O)S(=O)(=O)c2ccc(C)cc2)c2ccccc21.CCn1cc(C[n+]2c3ccccc3c(C(=O)N(CCCC(=O)O)S(=O)(=O)c3ccc(C)cc3)c3ccccc32)nn1. The average molecular weight is 1070 g/mol. The summed E-state index contributed by atoms with van der Waals surface area (Å²) < 4.78 is 62.5. The predicted molar refractivity (Wildman–Crippen MR) is 289 cm³/mol. The van der Waals surface area contributed by atoms with Crippen LogP contribution in [-0.4, -0.2) is 87.5 Å². The predicted octanol–water partition coefficient (Wildman–Crippen LogP) is 7.86. The quantitative estimate of drug-likeness (QED) is 0.0476. The van der Waals surface area contributed by atoms with Crippen molar-refractivity contribution in [3.8, 4) is 12.3 Å². The zero-order valence-electron chi connectivity index (χ0n) is 42.5. The zero-order valence-corrected chi connectivity index (χ0v) is 44.1. The van der Waals surface area contributed by atoms with Crippen molar-refractivity contribution in [2.45, 2.75) is 75.9 Å². The van der Waals surface area contributed by atoms with Crippen LogP contribution in [0.15, 0.2) is 162 Å². The fraction of sp³-hybridized carbons (Fsp3) is 0.207. The second-order valence-electron chi connectivity index (χ2n) is 18.1. The van der Waals surface area contributed by atoms with Gasteiger partial charge in [-0.2, -0.15) is 9.13 Å². The second kappa shape index (κ2) is 23.4. The number of hydrogen-bond donors (Lipinski definition) is 2. The van der Waals surface area contributed by atoms with E-state index >= 15 is 0 Å². The molecule has 0 saturated carbocycles. The summed E-state index contributed by atoms with van der Waals surface area (Å²) in [4.78, 5) is 50.9. The number of terminal acetylenes is 1. The van der Waals surface area contributed by atoms with Crippen molar-refractivity contribution in [3.05, 3.63) is 180 Å². The first-order valence-electron chi connectivity index (χ1n) is 24.7. The van der Waals surface area contributed by atoms with E-state index in [0.29, 0.717) is 45.7 Å². The summed E-state index contributed by atoms with van der Waals surface area (Å²) in [6.45, 7) is 6.43. The molecule has 3 aromatic heterocycles. The maximum Gasteiger partial charge on any atom is 0.303 e. The Hall–Kier alpha value is -8.86. The van der Waals surface area contributed by atoms with Crippen molar-refractivity contribution in [1.82, 2.24) is 23.6 Å². The van der Waals surface area contributed by atoms with E-state index in [2.05, 4.69) is 16.2 Å². The van der Waals surface area contributed by atoms with Gasteiger partial charge in [-0.25, -0.2) is 25.4 Å². The van der Waals surface area contributed by atoms with Crippen molar-refractivity contribution < 1.29 is 55.4 Å². The van der Waals surface area contributed by atoms with Crippen LogP contribution in [0.1, 0.15) is 70.1 Å². The lowest BCUT2D eigenvalue weighted by Crippen LogP contribution is -2.40. The zero-order chi connectivity index (χ0) is 55.0. The van der Waals surface area contributed by atoms with Crippen LogP contribution in [0.4, 0.5) is 0 Å². The van der Waals surface area contributed by atoms with E-state index in [0.717, 1.165) is 36.5 Å². The smallest absolute Gasteiger partial charge is 0.303 e. The molecule has 0 radical (unpaired) electrons. The molecule has 392 valence electrons. The molecular formula is C58H55N7O10S2+2. The lowest BCUT2D eigenvalue weighted by atomic mass is 10.0. The van der Waals surface area contributed by atoms with Crippen LogP contribution in [0.5, 0.6) is 0 Å². The molecule has 0 atom stereocenters. The fourth-order valence-corrected chi connectivity index (χ4v) is 12.0. The standard InChI is InChI=1S/C30H29N5O5S.C28H24N2O5S/c1-3-33-19-22(31-32-33)20-34-26-11-6-4-9-24(26)29(25-10-5-7-12-27(25)34)30(38)35(18-8-13-28(36)37)41(39,40)23-16-14-21(2)15-17-23;1-3-18-29-24-11-6-4-9-22(24)27(23-10-5-7-12-25(23)29)28(33)30(19-8-13-26(31)32)36(34,35)21-16-14-20(2)15-17-21/h4-7,9-12,14-17,19H,3,8,13,18,20H2,1-2H3;1,4-7,9-12,14-17H,8,13,18-19H2,2H3/p+2. The number of sulfonamides is 2. The number of fused-ring (bicyclic) bond motifs is 4. The molecule has 0 aliphatic carbocycles. The Morgan fingerprint density at radius 2 is 0.935 bits per heavy atom. The summed E-state index contributed by atoms with van der Waals surface area (Å²) in [6.07, 6.45) is 6.90. The van der Waals surface area contributed by atoms with E-state index in [-0.39, 0.29) is 66.2 Å². The lowest BCUT2D eigenvalue weighted by Gasteiger charge is -2.24. The number of hydrogen-bond acceptors (Lipinski definition) is 10. The van der Waals surface area contributed by atoms with Gasteiger partial charge in [0, 0.05) is 56.7 Å². The van der Waals surface area contributed by atoms with Crippen molar-refractivity contribution in [3.63, 3.8) is 0 Å². The first-order valence-corrected chi connectivity index (χ1v) is 27.5. The minimum atomic E-state index is -4.30. The van der Waals surface area contributed by atoms with Crippen molar-refractivity contribution in [2.24, 2.45) is 0 Å². The highest BCUT2D eigenvalue weighted by atomic mass is 32.2. The second-order valence-corrected chi connectivity index (χ2v) is 21.9. The van der Waals surface area contributed by atoms with Crippen LogP contribution in [0, 0.1) is 26.2 Å². The summed E-state index contributed by atoms with van der Waals surface area (Å²) in [5.41, 5.74) is 5.76. The van der Waals surface area contributed by atoms with Crippen LogP contribution in [0.3, 0.4) is 0 Å². The summed E-state index contributed by atoms with van der Waals surface area (Å²) in [5.74, 6) is -0.928. The number of para-hydroxylation sites is 4. The number of nitrogens with zero attached hydrogens (tertiary/aromatic N) is 7. The van der Waals surface area contributed by atoms with Crippen LogP contribution in [0.25, 0.3) is 43.6 Å². The Morgan fingerprint density at radius 1 is 0.571 bits per heavy atom. The van der Waals surface area contributed by atoms with Crippen LogP contribution >= 0.6 is 0 Å². The summed E-state index contributed by atoms with van der Waals surface area (Å²) in [5, 5.41) is 29.0. The van der Waals surface area contributed by atoms with Gasteiger partial charge in [0.2, 0.25) is 28.6 Å². The van der Waals surface area contributed by atoms with E-state index in [4.69, 9.17) is 11.5 Å². The van der Waals surface area contributed by atoms with E-state index in [1.165, 1.54) is 24.3 Å². The van der Waals surface area contributed by atoms with E-state index < -0.39 is 43.8 Å². The fourth-order valence-electron chi connectivity index (χ4n) is 9.19. The third-order valence-corrected chi connectivity index (χ3v) is 16.5. The summed E-state index contributed by atoms with van der Waals surface area (Å²) in [6, 6.07) is 41.5. The maximum absolute atomic E-state index is 14.4. The highest BCUT2D eigenvalue weighted by Gasteiger charge is 2.36. The van der Waals surface area contributed by atoms with Crippen LogP contribution in [0.2, 0.25) is 0 Å². The Balaban J connectivity index is 0.000000205. The molecular weight excluding hydrogens is 1020 g/mol. The van der Waals surface area contributed by atoms with Crippen LogP contribution in [-0.2, 0) is 49.3 Å². The van der Waals surface area contributed by atoms with Gasteiger partial charge in [-0.3, -0.25) is 23.9 Å². The Morgan fingerprint density at radius 3 is 1.27 bits per heavy atom. The molecule has 2 N–H and O–H groups in total.